The molecule has 0 radical (unpaired) electrons. The second-order valence-corrected chi connectivity index (χ2v) is 6.24. The molecule has 0 bridgehead atoms. The predicted molar refractivity (Wildman–Crippen MR) is 71.2 cm³/mol. The summed E-state index contributed by atoms with van der Waals surface area (Å²) in [5, 5.41) is 2.20. The Morgan fingerprint density at radius 2 is 2.33 bits per heavy atom. The van der Waals surface area contributed by atoms with E-state index in [1.165, 1.54) is 15.8 Å². The van der Waals surface area contributed by atoms with Gasteiger partial charge in [0.1, 0.15) is 0 Å². The first-order valence-electron chi connectivity index (χ1n) is 5.26. The van der Waals surface area contributed by atoms with Gasteiger partial charge in [0.05, 0.1) is 3.79 Å². The maximum absolute atomic E-state index is 5.51. The SMILES string of the molecule is CC(CCCN)N(C)Cc1csc(Br)c1. The van der Waals surface area contributed by atoms with Crippen LogP contribution in [0.5, 0.6) is 0 Å². The Morgan fingerprint density at radius 3 is 2.87 bits per heavy atom. The van der Waals surface area contributed by atoms with Crippen molar-refractivity contribution in [3.05, 3.63) is 20.8 Å². The molecule has 15 heavy (non-hydrogen) atoms. The normalized spacial score (nSPS) is 13.4. The highest BCUT2D eigenvalue weighted by Crippen LogP contribution is 2.22. The number of hydrogen-bond acceptors (Lipinski definition) is 3. The lowest BCUT2D eigenvalue weighted by atomic mass is 10.1. The van der Waals surface area contributed by atoms with Gasteiger partial charge in [-0.3, -0.25) is 4.90 Å². The Kier molecular flexibility index (Phi) is 5.82. The molecule has 2 nitrogen and oxygen atoms in total. The molecule has 4 heteroatoms. The molecule has 0 amide bonds. The van der Waals surface area contributed by atoms with E-state index < -0.39 is 0 Å². The van der Waals surface area contributed by atoms with Crippen molar-refractivity contribution in [2.75, 3.05) is 13.6 Å². The zero-order valence-corrected chi connectivity index (χ0v) is 11.8. The van der Waals surface area contributed by atoms with Gasteiger partial charge in [-0.2, -0.15) is 0 Å². The Labute approximate surface area is 105 Å². The van der Waals surface area contributed by atoms with Gasteiger partial charge in [-0.05, 0) is 66.3 Å². The van der Waals surface area contributed by atoms with Gasteiger partial charge in [0.25, 0.3) is 0 Å². The monoisotopic (exact) mass is 290 g/mol. The Balaban J connectivity index is 2.37. The van der Waals surface area contributed by atoms with E-state index in [2.05, 4.69) is 46.2 Å². The average molecular weight is 291 g/mol. The van der Waals surface area contributed by atoms with Crippen LogP contribution in [-0.2, 0) is 6.54 Å². The quantitative estimate of drug-likeness (QED) is 0.872. The molecular weight excluding hydrogens is 272 g/mol. The van der Waals surface area contributed by atoms with Crippen molar-refractivity contribution in [3.8, 4) is 0 Å². The fraction of sp³-hybridized carbons (Fsp3) is 0.636. The van der Waals surface area contributed by atoms with E-state index >= 15 is 0 Å². The summed E-state index contributed by atoms with van der Waals surface area (Å²) in [5.74, 6) is 0. The van der Waals surface area contributed by atoms with E-state index in [1.54, 1.807) is 11.3 Å². The summed E-state index contributed by atoms with van der Waals surface area (Å²) in [4.78, 5) is 2.38. The van der Waals surface area contributed by atoms with Crippen LogP contribution >= 0.6 is 27.3 Å². The van der Waals surface area contributed by atoms with Crippen molar-refractivity contribution in [2.24, 2.45) is 5.73 Å². The molecule has 86 valence electrons. The molecule has 0 saturated heterocycles. The summed E-state index contributed by atoms with van der Waals surface area (Å²) in [5.41, 5.74) is 6.89. The van der Waals surface area contributed by atoms with E-state index in [0.29, 0.717) is 6.04 Å². The number of hydrogen-bond donors (Lipinski definition) is 1. The molecule has 0 fully saturated rings. The van der Waals surface area contributed by atoms with Crippen LogP contribution in [0.25, 0.3) is 0 Å². The van der Waals surface area contributed by atoms with Crippen molar-refractivity contribution in [1.82, 2.24) is 4.90 Å². The smallest absolute Gasteiger partial charge is 0.0701 e. The fourth-order valence-electron chi connectivity index (χ4n) is 1.51. The summed E-state index contributed by atoms with van der Waals surface area (Å²) in [6.07, 6.45) is 2.29. The van der Waals surface area contributed by atoms with E-state index in [9.17, 15) is 0 Å². The fourth-order valence-corrected chi connectivity index (χ4v) is 2.71. The van der Waals surface area contributed by atoms with Gasteiger partial charge in [0.2, 0.25) is 0 Å². The number of nitrogens with zero attached hydrogens (tertiary/aromatic N) is 1. The summed E-state index contributed by atoms with van der Waals surface area (Å²) in [6, 6.07) is 2.80. The number of nitrogens with two attached hydrogens (primary N) is 1. The summed E-state index contributed by atoms with van der Waals surface area (Å²) in [7, 11) is 2.17. The molecule has 1 aromatic heterocycles. The van der Waals surface area contributed by atoms with Crippen LogP contribution in [0, 0.1) is 0 Å². The Hall–Kier alpha value is 0.100. The zero-order valence-electron chi connectivity index (χ0n) is 9.37. The topological polar surface area (TPSA) is 29.3 Å². The van der Waals surface area contributed by atoms with Gasteiger partial charge in [0, 0.05) is 12.6 Å². The van der Waals surface area contributed by atoms with Crippen LogP contribution in [-0.4, -0.2) is 24.5 Å². The standard InChI is InChI=1S/C11H19BrN2S/c1-9(4-3-5-13)14(2)7-10-6-11(12)15-8-10/h6,8-9H,3-5,7,13H2,1-2H3. The second-order valence-electron chi connectivity index (χ2n) is 3.95. The van der Waals surface area contributed by atoms with Crippen molar-refractivity contribution in [2.45, 2.75) is 32.4 Å². The molecule has 0 saturated carbocycles. The molecule has 1 heterocycles. The third-order valence-electron chi connectivity index (χ3n) is 2.63. The molecule has 0 aliphatic heterocycles. The molecule has 0 aliphatic rings. The van der Waals surface area contributed by atoms with Gasteiger partial charge in [0.15, 0.2) is 0 Å². The minimum absolute atomic E-state index is 0.604. The third kappa shape index (κ3) is 4.64. The van der Waals surface area contributed by atoms with Crippen LogP contribution in [0.15, 0.2) is 15.2 Å². The molecule has 1 unspecified atom stereocenters. The van der Waals surface area contributed by atoms with E-state index in [4.69, 9.17) is 5.73 Å². The molecule has 0 aliphatic carbocycles. The van der Waals surface area contributed by atoms with E-state index in [0.717, 1.165) is 19.5 Å². The Morgan fingerprint density at radius 1 is 1.60 bits per heavy atom. The van der Waals surface area contributed by atoms with E-state index in [1.807, 2.05) is 0 Å². The van der Waals surface area contributed by atoms with Crippen molar-refractivity contribution in [1.29, 1.82) is 0 Å². The number of halogens is 1. The lowest BCUT2D eigenvalue weighted by molar-refractivity contribution is 0.236. The summed E-state index contributed by atoms with van der Waals surface area (Å²) in [6.45, 7) is 4.08. The summed E-state index contributed by atoms with van der Waals surface area (Å²) >= 11 is 5.23. The highest BCUT2D eigenvalue weighted by molar-refractivity contribution is 9.11. The molecule has 1 atom stereocenters. The molecule has 1 aromatic rings. The first kappa shape index (κ1) is 13.2. The van der Waals surface area contributed by atoms with Gasteiger partial charge in [-0.1, -0.05) is 0 Å². The molecule has 2 N–H and O–H groups in total. The maximum atomic E-state index is 5.51. The lowest BCUT2D eigenvalue weighted by Crippen LogP contribution is -2.28. The average Bonchev–Trinajstić information content (AvgIpc) is 2.60. The maximum Gasteiger partial charge on any atom is 0.0701 e. The van der Waals surface area contributed by atoms with Crippen molar-refractivity contribution < 1.29 is 0 Å². The van der Waals surface area contributed by atoms with Gasteiger partial charge in [-0.25, -0.2) is 0 Å². The van der Waals surface area contributed by atoms with Crippen LogP contribution in [0.2, 0.25) is 0 Å². The van der Waals surface area contributed by atoms with Crippen LogP contribution in [0.3, 0.4) is 0 Å². The van der Waals surface area contributed by atoms with Crippen LogP contribution in [0.4, 0.5) is 0 Å². The second kappa shape index (κ2) is 6.63. The van der Waals surface area contributed by atoms with Gasteiger partial charge >= 0.3 is 0 Å². The highest BCUT2D eigenvalue weighted by atomic mass is 79.9. The van der Waals surface area contributed by atoms with Gasteiger partial charge in [-0.15, -0.1) is 11.3 Å². The van der Waals surface area contributed by atoms with Gasteiger partial charge < -0.3 is 5.73 Å². The number of thiophene rings is 1. The summed E-state index contributed by atoms with van der Waals surface area (Å²) < 4.78 is 1.21. The van der Waals surface area contributed by atoms with Crippen molar-refractivity contribution in [3.63, 3.8) is 0 Å². The lowest BCUT2D eigenvalue weighted by Gasteiger charge is -2.24. The largest absolute Gasteiger partial charge is 0.330 e. The molecule has 0 spiro atoms. The third-order valence-corrected chi connectivity index (χ3v) is 4.19. The predicted octanol–water partition coefficient (Wildman–Crippen LogP) is 3.07. The molecular formula is C11H19BrN2S. The number of rotatable bonds is 6. The first-order valence-corrected chi connectivity index (χ1v) is 6.94. The molecule has 0 aromatic carbocycles. The van der Waals surface area contributed by atoms with Crippen LogP contribution < -0.4 is 5.73 Å². The van der Waals surface area contributed by atoms with Crippen LogP contribution in [0.1, 0.15) is 25.3 Å². The zero-order chi connectivity index (χ0) is 11.3. The first-order chi connectivity index (χ1) is 7.13. The minimum Gasteiger partial charge on any atom is -0.330 e. The highest BCUT2D eigenvalue weighted by Gasteiger charge is 2.09. The molecule has 1 rings (SSSR count). The Bertz CT molecular complexity index is 288. The van der Waals surface area contributed by atoms with Crippen molar-refractivity contribution >= 4 is 27.3 Å². The van der Waals surface area contributed by atoms with E-state index in [-0.39, 0.29) is 0 Å². The minimum atomic E-state index is 0.604.